The lowest BCUT2D eigenvalue weighted by atomic mass is 9.96. The molecule has 0 bridgehead atoms. The van der Waals surface area contributed by atoms with Crippen molar-refractivity contribution in [3.63, 3.8) is 0 Å². The molecule has 7 heteroatoms. The molecule has 0 radical (unpaired) electrons. The van der Waals surface area contributed by atoms with Gasteiger partial charge in [-0.3, -0.25) is 9.59 Å². The number of hydrogen-bond acceptors (Lipinski definition) is 4. The molecule has 1 unspecified atom stereocenters. The maximum atomic E-state index is 13.5. The molecule has 2 aliphatic rings. The number of halogens is 1. The Morgan fingerprint density at radius 3 is 2.88 bits per heavy atom. The molecule has 2 amide bonds. The molecule has 1 aliphatic heterocycles. The van der Waals surface area contributed by atoms with E-state index in [0.29, 0.717) is 31.8 Å². The van der Waals surface area contributed by atoms with Gasteiger partial charge >= 0.3 is 0 Å². The van der Waals surface area contributed by atoms with Crippen molar-refractivity contribution in [2.45, 2.75) is 24.8 Å². The van der Waals surface area contributed by atoms with Gasteiger partial charge in [-0.2, -0.15) is 0 Å². The number of benzene rings is 1. The molecule has 1 heterocycles. The van der Waals surface area contributed by atoms with Crippen molar-refractivity contribution < 1.29 is 18.7 Å². The number of hydrogen-bond donors (Lipinski definition) is 2. The first-order valence-electron chi connectivity index (χ1n) is 8.64. The van der Waals surface area contributed by atoms with Gasteiger partial charge in [0.2, 0.25) is 11.8 Å². The second-order valence-corrected chi connectivity index (χ2v) is 6.75. The number of likely N-dealkylation sites (tertiary alicyclic amines) is 1. The van der Waals surface area contributed by atoms with Crippen LogP contribution in [0, 0.1) is 11.7 Å². The summed E-state index contributed by atoms with van der Waals surface area (Å²) in [4.78, 5) is 26.9. The fourth-order valence-electron chi connectivity index (χ4n) is 3.21. The van der Waals surface area contributed by atoms with E-state index in [4.69, 9.17) is 4.74 Å². The summed E-state index contributed by atoms with van der Waals surface area (Å²) in [5, 5.41) is 6.03. The third-order valence-corrected chi connectivity index (χ3v) is 4.74. The van der Waals surface area contributed by atoms with E-state index < -0.39 is 5.54 Å². The number of nitrogens with one attached hydrogen (secondary N) is 2. The molecule has 2 N–H and O–H groups in total. The van der Waals surface area contributed by atoms with Gasteiger partial charge in [0, 0.05) is 31.8 Å². The maximum absolute atomic E-state index is 13.5. The SMILES string of the molecule is COCCNC(=O)C1(Nc2cccc(F)c2)CCN(C(=O)C2CC2)C1. The van der Waals surface area contributed by atoms with E-state index in [2.05, 4.69) is 10.6 Å². The van der Waals surface area contributed by atoms with Crippen LogP contribution >= 0.6 is 0 Å². The molecule has 6 nitrogen and oxygen atoms in total. The Morgan fingerprint density at radius 1 is 1.40 bits per heavy atom. The number of rotatable bonds is 7. The lowest BCUT2D eigenvalue weighted by Crippen LogP contribution is -2.55. The van der Waals surface area contributed by atoms with E-state index in [-0.39, 0.29) is 30.1 Å². The van der Waals surface area contributed by atoms with E-state index in [9.17, 15) is 14.0 Å². The van der Waals surface area contributed by atoms with Gasteiger partial charge in [0.25, 0.3) is 0 Å². The van der Waals surface area contributed by atoms with Crippen LogP contribution in [0.4, 0.5) is 10.1 Å². The molecule has 136 valence electrons. The summed E-state index contributed by atoms with van der Waals surface area (Å²) in [6.45, 7) is 1.61. The van der Waals surface area contributed by atoms with E-state index in [0.717, 1.165) is 12.8 Å². The van der Waals surface area contributed by atoms with E-state index in [1.807, 2.05) is 0 Å². The predicted molar refractivity (Wildman–Crippen MR) is 91.6 cm³/mol. The fraction of sp³-hybridized carbons (Fsp3) is 0.556. The normalized spacial score (nSPS) is 22.7. The van der Waals surface area contributed by atoms with E-state index >= 15 is 0 Å². The third kappa shape index (κ3) is 4.10. The van der Waals surface area contributed by atoms with Crippen LogP contribution in [0.2, 0.25) is 0 Å². The minimum atomic E-state index is -0.952. The number of carbonyl (C=O) groups is 2. The van der Waals surface area contributed by atoms with Crippen LogP contribution in [0.15, 0.2) is 24.3 Å². The highest BCUT2D eigenvalue weighted by Crippen LogP contribution is 2.35. The zero-order valence-electron chi connectivity index (χ0n) is 14.4. The first kappa shape index (κ1) is 17.7. The Balaban J connectivity index is 1.76. The van der Waals surface area contributed by atoms with Gasteiger partial charge in [0.15, 0.2) is 0 Å². The molecule has 0 spiro atoms. The molecule has 0 aromatic heterocycles. The van der Waals surface area contributed by atoms with Gasteiger partial charge in [-0.1, -0.05) is 6.07 Å². The monoisotopic (exact) mass is 349 g/mol. The van der Waals surface area contributed by atoms with Gasteiger partial charge in [0.1, 0.15) is 11.4 Å². The molecule has 1 aliphatic carbocycles. The van der Waals surface area contributed by atoms with Crippen LogP contribution in [0.5, 0.6) is 0 Å². The first-order valence-corrected chi connectivity index (χ1v) is 8.64. The molecule has 1 atom stereocenters. The smallest absolute Gasteiger partial charge is 0.247 e. The largest absolute Gasteiger partial charge is 0.383 e. The topological polar surface area (TPSA) is 70.7 Å². The van der Waals surface area contributed by atoms with Gasteiger partial charge in [-0.25, -0.2) is 4.39 Å². The van der Waals surface area contributed by atoms with Crippen LogP contribution in [-0.4, -0.2) is 55.6 Å². The average molecular weight is 349 g/mol. The Morgan fingerprint density at radius 2 is 2.20 bits per heavy atom. The molecule has 3 rings (SSSR count). The highest BCUT2D eigenvalue weighted by Gasteiger charge is 2.48. The van der Waals surface area contributed by atoms with Crippen molar-refractivity contribution in [2.24, 2.45) is 5.92 Å². The number of ether oxygens (including phenoxy) is 1. The van der Waals surface area contributed by atoms with Crippen molar-refractivity contribution in [1.29, 1.82) is 0 Å². The van der Waals surface area contributed by atoms with Crippen LogP contribution in [0.1, 0.15) is 19.3 Å². The van der Waals surface area contributed by atoms with E-state index in [1.165, 1.54) is 12.1 Å². The minimum Gasteiger partial charge on any atom is -0.383 e. The lowest BCUT2D eigenvalue weighted by Gasteiger charge is -2.30. The van der Waals surface area contributed by atoms with Crippen molar-refractivity contribution in [3.8, 4) is 0 Å². The lowest BCUT2D eigenvalue weighted by molar-refractivity contribution is -0.132. The highest BCUT2D eigenvalue weighted by atomic mass is 19.1. The van der Waals surface area contributed by atoms with Gasteiger partial charge in [-0.05, 0) is 37.5 Å². The zero-order valence-corrected chi connectivity index (χ0v) is 14.4. The van der Waals surface area contributed by atoms with Crippen LogP contribution in [-0.2, 0) is 14.3 Å². The molecular formula is C18H24FN3O3. The van der Waals surface area contributed by atoms with E-state index in [1.54, 1.807) is 24.1 Å². The summed E-state index contributed by atoms with van der Waals surface area (Å²) < 4.78 is 18.5. The maximum Gasteiger partial charge on any atom is 0.247 e. The standard InChI is InChI=1S/C18H24FN3O3/c1-25-10-8-20-17(24)18(21-15-4-2-3-14(19)11-15)7-9-22(12-18)16(23)13-5-6-13/h2-4,11,13,21H,5-10,12H2,1H3,(H,20,24). The summed E-state index contributed by atoms with van der Waals surface area (Å²) in [6, 6.07) is 6.03. The number of anilines is 1. The quantitative estimate of drug-likeness (QED) is 0.730. The molecule has 1 saturated carbocycles. The molecule has 2 fully saturated rings. The molecule has 25 heavy (non-hydrogen) atoms. The average Bonchev–Trinajstić information content (AvgIpc) is 3.35. The summed E-state index contributed by atoms with van der Waals surface area (Å²) in [5.41, 5.74) is -0.422. The number of methoxy groups -OCH3 is 1. The van der Waals surface area contributed by atoms with Crippen molar-refractivity contribution in [3.05, 3.63) is 30.1 Å². The van der Waals surface area contributed by atoms with Crippen molar-refractivity contribution >= 4 is 17.5 Å². The third-order valence-electron chi connectivity index (χ3n) is 4.74. The Kier molecular flexibility index (Phi) is 5.22. The number of amides is 2. The fourth-order valence-corrected chi connectivity index (χ4v) is 3.21. The first-order chi connectivity index (χ1) is 12.0. The predicted octanol–water partition coefficient (Wildman–Crippen LogP) is 1.38. The molecular weight excluding hydrogens is 325 g/mol. The van der Waals surface area contributed by atoms with Gasteiger partial charge in [-0.15, -0.1) is 0 Å². The number of carbonyl (C=O) groups excluding carboxylic acids is 2. The summed E-state index contributed by atoms with van der Waals surface area (Å²) in [5.74, 6) is -0.335. The second kappa shape index (κ2) is 7.39. The van der Waals surface area contributed by atoms with Crippen molar-refractivity contribution in [2.75, 3.05) is 38.7 Å². The summed E-state index contributed by atoms with van der Waals surface area (Å²) >= 11 is 0. The molecule has 1 aromatic rings. The molecule has 1 saturated heterocycles. The Labute approximate surface area is 146 Å². The Hall–Kier alpha value is -2.15. The van der Waals surface area contributed by atoms with Crippen LogP contribution in [0.3, 0.4) is 0 Å². The van der Waals surface area contributed by atoms with Crippen LogP contribution in [0.25, 0.3) is 0 Å². The minimum absolute atomic E-state index is 0.113. The van der Waals surface area contributed by atoms with Crippen molar-refractivity contribution in [1.82, 2.24) is 10.2 Å². The Bertz CT molecular complexity index is 650. The molecule has 1 aromatic carbocycles. The van der Waals surface area contributed by atoms with Gasteiger partial charge < -0.3 is 20.3 Å². The highest BCUT2D eigenvalue weighted by molar-refractivity contribution is 5.92. The van der Waals surface area contributed by atoms with Gasteiger partial charge in [0.05, 0.1) is 13.2 Å². The second-order valence-electron chi connectivity index (χ2n) is 6.75. The zero-order chi connectivity index (χ0) is 17.9. The number of nitrogens with zero attached hydrogens (tertiary/aromatic N) is 1. The van der Waals surface area contributed by atoms with Crippen LogP contribution < -0.4 is 10.6 Å². The summed E-state index contributed by atoms with van der Waals surface area (Å²) in [6.07, 6.45) is 2.35. The summed E-state index contributed by atoms with van der Waals surface area (Å²) in [7, 11) is 1.57.